The zero-order valence-corrected chi connectivity index (χ0v) is 10.1. The van der Waals surface area contributed by atoms with E-state index >= 15 is 0 Å². The van der Waals surface area contributed by atoms with Gasteiger partial charge in [-0.05, 0) is 26.2 Å². The molecule has 2 atom stereocenters. The number of hydrogen-bond donors (Lipinski definition) is 1. The molecule has 4 heteroatoms. The average molecular weight is 223 g/mol. The highest BCUT2D eigenvalue weighted by molar-refractivity contribution is 4.99. The number of nitrogens with zero attached hydrogens (tertiary/aromatic N) is 2. The second kappa shape index (κ2) is 5.46. The van der Waals surface area contributed by atoms with Gasteiger partial charge in [0.25, 0.3) is 0 Å². The fourth-order valence-electron chi connectivity index (χ4n) is 2.46. The Morgan fingerprint density at radius 3 is 3.19 bits per heavy atom. The Kier molecular flexibility index (Phi) is 3.96. The van der Waals surface area contributed by atoms with Gasteiger partial charge in [0.2, 0.25) is 0 Å². The minimum Gasteiger partial charge on any atom is -0.380 e. The van der Waals surface area contributed by atoms with Crippen LogP contribution in [0.4, 0.5) is 0 Å². The van der Waals surface area contributed by atoms with Gasteiger partial charge in [-0.1, -0.05) is 0 Å². The van der Waals surface area contributed by atoms with Crippen molar-refractivity contribution in [1.29, 1.82) is 0 Å². The number of ether oxygens (including phenoxy) is 1. The first-order valence-electron chi connectivity index (χ1n) is 6.10. The first-order valence-corrected chi connectivity index (χ1v) is 6.10. The molecule has 0 radical (unpaired) electrons. The van der Waals surface area contributed by atoms with Crippen molar-refractivity contribution in [2.24, 2.45) is 0 Å². The third-order valence-corrected chi connectivity index (χ3v) is 3.44. The van der Waals surface area contributed by atoms with Crippen LogP contribution < -0.4 is 5.32 Å². The highest BCUT2D eigenvalue weighted by Crippen LogP contribution is 2.21. The van der Waals surface area contributed by atoms with Gasteiger partial charge in [-0.15, -0.1) is 0 Å². The van der Waals surface area contributed by atoms with Crippen LogP contribution >= 0.6 is 0 Å². The number of aromatic nitrogens is 2. The Labute approximate surface area is 97.0 Å². The molecule has 1 aliphatic rings. The molecule has 90 valence electrons. The van der Waals surface area contributed by atoms with Gasteiger partial charge < -0.3 is 14.6 Å². The normalized spacial score (nSPS) is 25.1. The first-order chi connectivity index (χ1) is 7.85. The van der Waals surface area contributed by atoms with E-state index in [0.29, 0.717) is 12.1 Å². The summed E-state index contributed by atoms with van der Waals surface area (Å²) in [5, 5.41) is 3.57. The fourth-order valence-corrected chi connectivity index (χ4v) is 2.46. The average Bonchev–Trinajstić information content (AvgIpc) is 2.94. The van der Waals surface area contributed by atoms with Crippen molar-refractivity contribution < 1.29 is 4.74 Å². The molecule has 1 fully saturated rings. The predicted molar refractivity (Wildman–Crippen MR) is 63.2 cm³/mol. The van der Waals surface area contributed by atoms with Gasteiger partial charge in [-0.3, -0.25) is 0 Å². The van der Waals surface area contributed by atoms with Crippen molar-refractivity contribution >= 4 is 0 Å². The van der Waals surface area contributed by atoms with E-state index in [4.69, 9.17) is 4.74 Å². The van der Waals surface area contributed by atoms with Gasteiger partial charge in [-0.25, -0.2) is 4.98 Å². The quantitative estimate of drug-likeness (QED) is 0.823. The molecule has 4 nitrogen and oxygen atoms in total. The summed E-state index contributed by atoms with van der Waals surface area (Å²) in [6.45, 7) is 4.01. The summed E-state index contributed by atoms with van der Waals surface area (Å²) in [7, 11) is 1.81. The van der Waals surface area contributed by atoms with Crippen LogP contribution in [0, 0.1) is 0 Å². The van der Waals surface area contributed by atoms with Crippen LogP contribution in [-0.4, -0.2) is 28.8 Å². The molecule has 1 N–H and O–H groups in total. The third-order valence-electron chi connectivity index (χ3n) is 3.44. The smallest absolute Gasteiger partial charge is 0.0948 e. The second-order valence-electron chi connectivity index (χ2n) is 4.36. The first kappa shape index (κ1) is 11.6. The Balaban J connectivity index is 1.87. The van der Waals surface area contributed by atoms with Gasteiger partial charge in [0.05, 0.1) is 18.1 Å². The molecule has 1 aromatic rings. The van der Waals surface area contributed by atoms with Gasteiger partial charge in [-0.2, -0.15) is 0 Å². The molecule has 1 aliphatic carbocycles. The highest BCUT2D eigenvalue weighted by atomic mass is 16.5. The summed E-state index contributed by atoms with van der Waals surface area (Å²) in [5.74, 6) is 0. The van der Waals surface area contributed by atoms with E-state index < -0.39 is 0 Å². The highest BCUT2D eigenvalue weighted by Gasteiger charge is 2.26. The topological polar surface area (TPSA) is 39.1 Å². The number of methoxy groups -OCH3 is 1. The Morgan fingerprint density at radius 1 is 1.56 bits per heavy atom. The summed E-state index contributed by atoms with van der Waals surface area (Å²) in [5.41, 5.74) is 1.25. The molecule has 1 saturated carbocycles. The molecular weight excluding hydrogens is 202 g/mol. The van der Waals surface area contributed by atoms with E-state index in [2.05, 4.69) is 21.8 Å². The molecule has 0 saturated heterocycles. The molecule has 2 unspecified atom stereocenters. The second-order valence-corrected chi connectivity index (χ2v) is 4.36. The number of aryl methyl sites for hydroxylation is 1. The zero-order chi connectivity index (χ0) is 11.4. The van der Waals surface area contributed by atoms with Gasteiger partial charge in [0.15, 0.2) is 0 Å². The minimum absolute atomic E-state index is 0.387. The summed E-state index contributed by atoms with van der Waals surface area (Å²) < 4.78 is 7.64. The van der Waals surface area contributed by atoms with Crippen LogP contribution in [0.3, 0.4) is 0 Å². The summed E-state index contributed by atoms with van der Waals surface area (Å²) >= 11 is 0. The zero-order valence-electron chi connectivity index (χ0n) is 10.1. The van der Waals surface area contributed by atoms with E-state index in [1.807, 2.05) is 12.5 Å². The maximum Gasteiger partial charge on any atom is 0.0948 e. The molecule has 2 rings (SSSR count). The van der Waals surface area contributed by atoms with Crippen molar-refractivity contribution in [1.82, 2.24) is 14.9 Å². The van der Waals surface area contributed by atoms with Crippen LogP contribution in [0.1, 0.15) is 31.9 Å². The van der Waals surface area contributed by atoms with Crippen molar-refractivity contribution in [3.8, 4) is 0 Å². The Hall–Kier alpha value is -0.870. The van der Waals surface area contributed by atoms with Crippen molar-refractivity contribution in [3.63, 3.8) is 0 Å². The summed E-state index contributed by atoms with van der Waals surface area (Å²) in [6, 6.07) is 0.505. The van der Waals surface area contributed by atoms with Gasteiger partial charge in [0.1, 0.15) is 0 Å². The number of rotatable bonds is 5. The summed E-state index contributed by atoms with van der Waals surface area (Å²) in [4.78, 5) is 4.17. The molecule has 0 aromatic carbocycles. The van der Waals surface area contributed by atoms with Gasteiger partial charge >= 0.3 is 0 Å². The van der Waals surface area contributed by atoms with Crippen LogP contribution in [0.25, 0.3) is 0 Å². The maximum atomic E-state index is 5.47. The van der Waals surface area contributed by atoms with Crippen molar-refractivity contribution in [2.75, 3.05) is 7.11 Å². The predicted octanol–water partition coefficient (Wildman–Crippen LogP) is 1.56. The lowest BCUT2D eigenvalue weighted by Gasteiger charge is -2.19. The SMILES string of the molecule is CCn1cncc1CNC1CCCC1OC. The molecule has 0 spiro atoms. The molecule has 16 heavy (non-hydrogen) atoms. The van der Waals surface area contributed by atoms with Crippen molar-refractivity contribution in [3.05, 3.63) is 18.2 Å². The van der Waals surface area contributed by atoms with Crippen molar-refractivity contribution in [2.45, 2.75) is 51.4 Å². The molecule has 0 amide bonds. The molecular formula is C12H21N3O. The molecule has 1 heterocycles. The minimum atomic E-state index is 0.387. The number of imidazole rings is 1. The van der Waals surface area contributed by atoms with Crippen LogP contribution in [0.2, 0.25) is 0 Å². The Bertz CT molecular complexity index is 324. The van der Waals surface area contributed by atoms with Crippen LogP contribution in [0.5, 0.6) is 0 Å². The van der Waals surface area contributed by atoms with E-state index in [0.717, 1.165) is 13.1 Å². The van der Waals surface area contributed by atoms with Crippen LogP contribution in [-0.2, 0) is 17.8 Å². The van der Waals surface area contributed by atoms with E-state index in [1.165, 1.54) is 25.0 Å². The lowest BCUT2D eigenvalue weighted by Crippen LogP contribution is -2.36. The summed E-state index contributed by atoms with van der Waals surface area (Å²) in [6.07, 6.45) is 7.88. The monoisotopic (exact) mass is 223 g/mol. The van der Waals surface area contributed by atoms with Gasteiger partial charge in [0, 0.05) is 32.4 Å². The maximum absolute atomic E-state index is 5.47. The lowest BCUT2D eigenvalue weighted by molar-refractivity contribution is 0.0845. The lowest BCUT2D eigenvalue weighted by atomic mass is 10.2. The number of hydrogen-bond acceptors (Lipinski definition) is 3. The largest absolute Gasteiger partial charge is 0.380 e. The third kappa shape index (κ3) is 2.44. The van der Waals surface area contributed by atoms with Crippen LogP contribution in [0.15, 0.2) is 12.5 Å². The van der Waals surface area contributed by atoms with E-state index in [-0.39, 0.29) is 0 Å². The molecule has 1 aromatic heterocycles. The number of nitrogens with one attached hydrogen (secondary N) is 1. The fraction of sp³-hybridized carbons (Fsp3) is 0.750. The Morgan fingerprint density at radius 2 is 2.44 bits per heavy atom. The van der Waals surface area contributed by atoms with E-state index in [9.17, 15) is 0 Å². The van der Waals surface area contributed by atoms with E-state index in [1.54, 1.807) is 7.11 Å². The standard InChI is InChI=1S/C12H21N3O/c1-3-15-9-13-7-10(15)8-14-11-5-4-6-12(11)16-2/h7,9,11-12,14H,3-6,8H2,1-2H3. The molecule has 0 aliphatic heterocycles. The molecule has 0 bridgehead atoms.